The molecule has 2 rings (SSSR count). The van der Waals surface area contributed by atoms with E-state index in [1.165, 1.54) is 12.0 Å². The molecule has 0 aromatic heterocycles. The molecule has 1 aliphatic heterocycles. The number of hydrogen-bond acceptors (Lipinski definition) is 2. The van der Waals surface area contributed by atoms with Crippen molar-refractivity contribution < 1.29 is 9.53 Å². The molecule has 104 valence electrons. The molecule has 3 nitrogen and oxygen atoms in total. The van der Waals surface area contributed by atoms with Gasteiger partial charge < -0.3 is 9.64 Å². The van der Waals surface area contributed by atoms with Crippen LogP contribution in [0.1, 0.15) is 38.7 Å². The Balaban J connectivity index is 2.04. The van der Waals surface area contributed by atoms with Crippen molar-refractivity contribution in [2.24, 2.45) is 0 Å². The molecule has 0 atom stereocenters. The largest absolute Gasteiger partial charge is 0.478 e. The zero-order valence-electron chi connectivity index (χ0n) is 12.1. The maximum absolute atomic E-state index is 12.5. The van der Waals surface area contributed by atoms with E-state index in [0.717, 1.165) is 31.7 Å². The van der Waals surface area contributed by atoms with Gasteiger partial charge in [-0.15, -0.1) is 0 Å². The van der Waals surface area contributed by atoms with Gasteiger partial charge in [0.25, 0.3) is 5.91 Å². The molecule has 1 saturated heterocycles. The molecule has 1 aliphatic rings. The summed E-state index contributed by atoms with van der Waals surface area (Å²) in [6, 6.07) is 7.83. The number of carbonyl (C=O) groups excluding carboxylic acids is 1. The van der Waals surface area contributed by atoms with Gasteiger partial charge in [-0.05, 0) is 52.2 Å². The minimum atomic E-state index is -0.799. The first kappa shape index (κ1) is 13.9. The van der Waals surface area contributed by atoms with Gasteiger partial charge in [-0.25, -0.2) is 0 Å². The van der Waals surface area contributed by atoms with E-state index < -0.39 is 5.60 Å². The van der Waals surface area contributed by atoms with E-state index in [2.05, 4.69) is 0 Å². The molecule has 0 bridgehead atoms. The van der Waals surface area contributed by atoms with Gasteiger partial charge in [0, 0.05) is 13.1 Å². The van der Waals surface area contributed by atoms with Gasteiger partial charge in [0.1, 0.15) is 5.75 Å². The van der Waals surface area contributed by atoms with Gasteiger partial charge in [0.05, 0.1) is 0 Å². The Hall–Kier alpha value is -1.51. The summed E-state index contributed by atoms with van der Waals surface area (Å²) < 4.78 is 5.88. The van der Waals surface area contributed by atoms with Crippen molar-refractivity contribution >= 4 is 5.91 Å². The molecular formula is C16H23NO2. The van der Waals surface area contributed by atoms with Gasteiger partial charge >= 0.3 is 0 Å². The zero-order valence-corrected chi connectivity index (χ0v) is 12.1. The first-order chi connectivity index (χ1) is 8.99. The molecule has 0 spiro atoms. The molecule has 1 fully saturated rings. The van der Waals surface area contributed by atoms with Crippen molar-refractivity contribution in [2.45, 2.75) is 45.6 Å². The van der Waals surface area contributed by atoms with Crippen LogP contribution in [-0.4, -0.2) is 29.5 Å². The van der Waals surface area contributed by atoms with Crippen molar-refractivity contribution in [3.8, 4) is 5.75 Å². The van der Waals surface area contributed by atoms with Gasteiger partial charge in [-0.3, -0.25) is 4.79 Å². The first-order valence-electron chi connectivity index (χ1n) is 7.04. The van der Waals surface area contributed by atoms with Crippen molar-refractivity contribution in [2.75, 3.05) is 13.1 Å². The van der Waals surface area contributed by atoms with Crippen LogP contribution in [0.5, 0.6) is 5.75 Å². The number of ether oxygens (including phenoxy) is 1. The van der Waals surface area contributed by atoms with E-state index >= 15 is 0 Å². The summed E-state index contributed by atoms with van der Waals surface area (Å²) in [6.07, 6.45) is 3.43. The second-order valence-corrected chi connectivity index (χ2v) is 5.78. The number of rotatable bonds is 3. The SMILES string of the molecule is Cc1ccc(OC(C)(C)C(=O)N2CCCCC2)cc1. The smallest absolute Gasteiger partial charge is 0.266 e. The Morgan fingerprint density at radius 1 is 1.11 bits per heavy atom. The van der Waals surface area contributed by atoms with Crippen LogP contribution < -0.4 is 4.74 Å². The highest BCUT2D eigenvalue weighted by Crippen LogP contribution is 2.22. The Labute approximate surface area is 115 Å². The second kappa shape index (κ2) is 5.64. The van der Waals surface area contributed by atoms with Crippen molar-refractivity contribution in [3.63, 3.8) is 0 Å². The number of piperidine rings is 1. The van der Waals surface area contributed by atoms with E-state index in [0.29, 0.717) is 0 Å². The standard InChI is InChI=1S/C16H23NO2/c1-13-7-9-14(10-8-13)19-16(2,3)15(18)17-11-5-4-6-12-17/h7-10H,4-6,11-12H2,1-3H3. The fourth-order valence-corrected chi connectivity index (χ4v) is 2.42. The fraction of sp³-hybridized carbons (Fsp3) is 0.562. The molecule has 1 aromatic rings. The fourth-order valence-electron chi connectivity index (χ4n) is 2.42. The summed E-state index contributed by atoms with van der Waals surface area (Å²) in [7, 11) is 0. The molecule has 0 saturated carbocycles. The van der Waals surface area contributed by atoms with Crippen LogP contribution in [0.15, 0.2) is 24.3 Å². The minimum Gasteiger partial charge on any atom is -0.478 e. The lowest BCUT2D eigenvalue weighted by Gasteiger charge is -2.34. The molecule has 0 radical (unpaired) electrons. The highest BCUT2D eigenvalue weighted by atomic mass is 16.5. The molecule has 1 amide bonds. The predicted octanol–water partition coefficient (Wildman–Crippen LogP) is 3.16. The lowest BCUT2D eigenvalue weighted by Crippen LogP contribution is -2.50. The summed E-state index contributed by atoms with van der Waals surface area (Å²) in [5, 5.41) is 0. The molecule has 0 N–H and O–H groups in total. The first-order valence-corrected chi connectivity index (χ1v) is 7.04. The number of nitrogens with zero attached hydrogens (tertiary/aromatic N) is 1. The lowest BCUT2D eigenvalue weighted by molar-refractivity contribution is -0.146. The number of amides is 1. The van der Waals surface area contributed by atoms with Crippen LogP contribution in [0, 0.1) is 6.92 Å². The molecule has 19 heavy (non-hydrogen) atoms. The third-order valence-corrected chi connectivity index (χ3v) is 3.55. The zero-order chi connectivity index (χ0) is 13.9. The highest BCUT2D eigenvalue weighted by Gasteiger charge is 2.34. The molecular weight excluding hydrogens is 238 g/mol. The van der Waals surface area contributed by atoms with Crippen LogP contribution in [0.2, 0.25) is 0 Å². The van der Waals surface area contributed by atoms with E-state index in [1.807, 2.05) is 49.9 Å². The van der Waals surface area contributed by atoms with Gasteiger partial charge in [-0.1, -0.05) is 17.7 Å². The molecule has 0 unspecified atom stereocenters. The van der Waals surface area contributed by atoms with E-state index in [9.17, 15) is 4.79 Å². The summed E-state index contributed by atoms with van der Waals surface area (Å²) in [6.45, 7) is 7.46. The maximum atomic E-state index is 12.5. The van der Waals surface area contributed by atoms with Crippen LogP contribution in [0.25, 0.3) is 0 Å². The summed E-state index contributed by atoms with van der Waals surface area (Å²) in [5.41, 5.74) is 0.389. The number of aryl methyl sites for hydroxylation is 1. The lowest BCUT2D eigenvalue weighted by atomic mass is 10.0. The van der Waals surface area contributed by atoms with E-state index in [4.69, 9.17) is 4.74 Å². The third kappa shape index (κ3) is 3.49. The number of benzene rings is 1. The van der Waals surface area contributed by atoms with Crippen LogP contribution >= 0.6 is 0 Å². The van der Waals surface area contributed by atoms with Crippen LogP contribution in [-0.2, 0) is 4.79 Å². The molecule has 1 aromatic carbocycles. The summed E-state index contributed by atoms with van der Waals surface area (Å²) in [4.78, 5) is 14.4. The number of hydrogen-bond donors (Lipinski definition) is 0. The van der Waals surface area contributed by atoms with Crippen LogP contribution in [0.3, 0.4) is 0 Å². The van der Waals surface area contributed by atoms with Crippen molar-refractivity contribution in [3.05, 3.63) is 29.8 Å². The second-order valence-electron chi connectivity index (χ2n) is 5.78. The Bertz CT molecular complexity index is 431. The van der Waals surface area contributed by atoms with Gasteiger partial charge in [-0.2, -0.15) is 0 Å². The monoisotopic (exact) mass is 261 g/mol. The van der Waals surface area contributed by atoms with E-state index in [1.54, 1.807) is 0 Å². The Morgan fingerprint density at radius 3 is 2.26 bits per heavy atom. The normalized spacial score (nSPS) is 16.3. The third-order valence-electron chi connectivity index (χ3n) is 3.55. The summed E-state index contributed by atoms with van der Waals surface area (Å²) in [5.74, 6) is 0.841. The molecule has 0 aliphatic carbocycles. The minimum absolute atomic E-state index is 0.0905. The van der Waals surface area contributed by atoms with Gasteiger partial charge in [0.15, 0.2) is 5.60 Å². The van der Waals surface area contributed by atoms with Crippen LogP contribution in [0.4, 0.5) is 0 Å². The van der Waals surface area contributed by atoms with Gasteiger partial charge in [0.2, 0.25) is 0 Å². The highest BCUT2D eigenvalue weighted by molar-refractivity contribution is 5.84. The molecule has 3 heteroatoms. The topological polar surface area (TPSA) is 29.5 Å². The number of likely N-dealkylation sites (tertiary alicyclic amines) is 1. The average Bonchev–Trinajstić information content (AvgIpc) is 2.41. The maximum Gasteiger partial charge on any atom is 0.266 e. The van der Waals surface area contributed by atoms with Crippen molar-refractivity contribution in [1.29, 1.82) is 0 Å². The van der Waals surface area contributed by atoms with E-state index in [-0.39, 0.29) is 5.91 Å². The number of carbonyl (C=O) groups is 1. The Kier molecular flexibility index (Phi) is 4.13. The molecule has 1 heterocycles. The quantitative estimate of drug-likeness (QED) is 0.836. The predicted molar refractivity (Wildman–Crippen MR) is 76.3 cm³/mol. The average molecular weight is 261 g/mol. The summed E-state index contributed by atoms with van der Waals surface area (Å²) >= 11 is 0. The Morgan fingerprint density at radius 2 is 1.68 bits per heavy atom. The van der Waals surface area contributed by atoms with Crippen molar-refractivity contribution in [1.82, 2.24) is 4.90 Å².